The van der Waals surface area contributed by atoms with E-state index in [1.54, 1.807) is 0 Å². The predicted molar refractivity (Wildman–Crippen MR) is 69.7 cm³/mol. The quantitative estimate of drug-likeness (QED) is 0.651. The number of hydrogen-bond acceptors (Lipinski definition) is 4. The van der Waals surface area contributed by atoms with Gasteiger partial charge in [0, 0.05) is 18.2 Å². The van der Waals surface area contributed by atoms with Crippen molar-refractivity contribution in [3.8, 4) is 0 Å². The third-order valence-corrected chi connectivity index (χ3v) is 3.54. The molecule has 8 heteroatoms. The topological polar surface area (TPSA) is 110 Å². The Morgan fingerprint density at radius 1 is 1.40 bits per heavy atom. The number of carbonyl (C=O) groups excluding carboxylic acids is 1. The first kappa shape index (κ1) is 14.3. The lowest BCUT2D eigenvalue weighted by atomic mass is 9.80. The van der Waals surface area contributed by atoms with Crippen molar-refractivity contribution >= 4 is 29.2 Å². The molecular weight excluding hydrogens is 288 g/mol. The van der Waals surface area contributed by atoms with E-state index in [-0.39, 0.29) is 22.3 Å². The number of non-ortho nitro benzene ring substituents is 1. The molecule has 1 amide bonds. The van der Waals surface area contributed by atoms with Gasteiger partial charge in [-0.1, -0.05) is 11.6 Å². The van der Waals surface area contributed by atoms with Gasteiger partial charge in [-0.25, -0.2) is 0 Å². The summed E-state index contributed by atoms with van der Waals surface area (Å²) in [5.74, 6) is -1.75. The fraction of sp³-hybridized carbons (Fsp3) is 0.333. The van der Waals surface area contributed by atoms with Crippen LogP contribution in [0.2, 0.25) is 5.02 Å². The number of amides is 1. The minimum absolute atomic E-state index is 0.00851. The Labute approximate surface area is 118 Å². The van der Waals surface area contributed by atoms with E-state index in [4.69, 9.17) is 16.7 Å². The highest BCUT2D eigenvalue weighted by Gasteiger charge is 2.35. The lowest BCUT2D eigenvalue weighted by Gasteiger charge is -2.32. The van der Waals surface area contributed by atoms with Crippen molar-refractivity contribution in [2.45, 2.75) is 18.9 Å². The average Bonchev–Trinajstić information content (AvgIpc) is 2.32. The van der Waals surface area contributed by atoms with Crippen molar-refractivity contribution in [3.63, 3.8) is 0 Å². The number of carboxylic acids is 1. The maximum atomic E-state index is 11.9. The second-order valence-corrected chi connectivity index (χ2v) is 5.01. The van der Waals surface area contributed by atoms with Gasteiger partial charge in [0.25, 0.3) is 11.6 Å². The second-order valence-electron chi connectivity index (χ2n) is 4.60. The van der Waals surface area contributed by atoms with Crippen LogP contribution in [-0.2, 0) is 4.79 Å². The first-order chi connectivity index (χ1) is 9.38. The smallest absolute Gasteiger partial charge is 0.306 e. The lowest BCUT2D eigenvalue weighted by molar-refractivity contribution is -0.384. The van der Waals surface area contributed by atoms with Crippen LogP contribution in [0.1, 0.15) is 23.2 Å². The third-order valence-electron chi connectivity index (χ3n) is 3.23. The van der Waals surface area contributed by atoms with Crippen LogP contribution in [0.5, 0.6) is 0 Å². The fourth-order valence-electron chi connectivity index (χ4n) is 2.00. The van der Waals surface area contributed by atoms with Crippen molar-refractivity contribution in [2.75, 3.05) is 0 Å². The molecule has 1 aliphatic carbocycles. The van der Waals surface area contributed by atoms with Crippen molar-refractivity contribution < 1.29 is 19.6 Å². The zero-order valence-corrected chi connectivity index (χ0v) is 11.0. The molecule has 0 aromatic heterocycles. The molecule has 1 aromatic rings. The minimum atomic E-state index is -0.871. The van der Waals surface area contributed by atoms with Crippen molar-refractivity contribution in [1.29, 1.82) is 0 Å². The Morgan fingerprint density at radius 3 is 2.55 bits per heavy atom. The number of carbonyl (C=O) groups is 2. The molecule has 7 nitrogen and oxygen atoms in total. The molecule has 1 fully saturated rings. The maximum Gasteiger partial charge on any atom is 0.306 e. The number of benzene rings is 1. The third kappa shape index (κ3) is 2.88. The van der Waals surface area contributed by atoms with E-state index >= 15 is 0 Å². The van der Waals surface area contributed by atoms with Gasteiger partial charge in [-0.05, 0) is 18.9 Å². The summed E-state index contributed by atoms with van der Waals surface area (Å²) in [6, 6.07) is 3.39. The number of nitrogens with zero attached hydrogens (tertiary/aromatic N) is 1. The number of nitro benzene ring substituents is 1. The Bertz CT molecular complexity index is 583. The Balaban J connectivity index is 2.00. The summed E-state index contributed by atoms with van der Waals surface area (Å²) in [5.41, 5.74) is -0.0582. The van der Waals surface area contributed by atoms with Crippen LogP contribution in [0, 0.1) is 16.0 Å². The van der Waals surface area contributed by atoms with Gasteiger partial charge < -0.3 is 10.4 Å². The number of nitrogens with one attached hydrogen (secondary N) is 1. The number of aliphatic carboxylic acids is 1. The van der Waals surface area contributed by atoms with E-state index in [2.05, 4.69) is 5.32 Å². The van der Waals surface area contributed by atoms with Crippen molar-refractivity contribution in [1.82, 2.24) is 5.32 Å². The van der Waals surface area contributed by atoms with Gasteiger partial charge in [-0.15, -0.1) is 0 Å². The van der Waals surface area contributed by atoms with E-state index in [9.17, 15) is 19.7 Å². The van der Waals surface area contributed by atoms with Crippen LogP contribution in [-0.4, -0.2) is 27.9 Å². The van der Waals surface area contributed by atoms with Crippen LogP contribution >= 0.6 is 11.6 Å². The van der Waals surface area contributed by atoms with Crippen molar-refractivity contribution in [3.05, 3.63) is 38.9 Å². The molecule has 106 valence electrons. The first-order valence-corrected chi connectivity index (χ1v) is 6.24. The maximum absolute atomic E-state index is 11.9. The molecule has 0 spiro atoms. The molecule has 2 N–H and O–H groups in total. The summed E-state index contributed by atoms with van der Waals surface area (Å²) >= 11 is 5.83. The van der Waals surface area contributed by atoms with E-state index in [0.29, 0.717) is 12.8 Å². The van der Waals surface area contributed by atoms with Gasteiger partial charge in [0.2, 0.25) is 0 Å². The first-order valence-electron chi connectivity index (χ1n) is 5.86. The SMILES string of the molecule is O=C(NC1CC(C(=O)O)C1)c1ccc([N+](=O)[O-])cc1Cl. The largest absolute Gasteiger partial charge is 0.481 e. The molecule has 1 aliphatic rings. The van der Waals surface area contributed by atoms with Gasteiger partial charge in [0.15, 0.2) is 0 Å². The van der Waals surface area contributed by atoms with Crippen LogP contribution in [0.25, 0.3) is 0 Å². The van der Waals surface area contributed by atoms with Crippen LogP contribution in [0.3, 0.4) is 0 Å². The lowest BCUT2D eigenvalue weighted by Crippen LogP contribution is -2.46. The normalized spacial score (nSPS) is 20.9. The number of nitro groups is 1. The summed E-state index contributed by atoms with van der Waals surface area (Å²) in [6.45, 7) is 0. The van der Waals surface area contributed by atoms with E-state index < -0.39 is 22.7 Å². The molecule has 0 radical (unpaired) electrons. The molecule has 2 rings (SSSR count). The molecule has 20 heavy (non-hydrogen) atoms. The second kappa shape index (κ2) is 5.46. The van der Waals surface area contributed by atoms with Gasteiger partial charge in [0.05, 0.1) is 21.4 Å². The van der Waals surface area contributed by atoms with Gasteiger partial charge in [-0.2, -0.15) is 0 Å². The number of halogens is 1. The fourth-order valence-corrected chi connectivity index (χ4v) is 2.26. The molecular formula is C12H11ClN2O5. The zero-order chi connectivity index (χ0) is 14.9. The zero-order valence-electron chi connectivity index (χ0n) is 10.2. The van der Waals surface area contributed by atoms with E-state index in [0.717, 1.165) is 6.07 Å². The van der Waals surface area contributed by atoms with Crippen LogP contribution in [0.15, 0.2) is 18.2 Å². The number of carboxylic acid groups (broad SMARTS) is 1. The highest BCUT2D eigenvalue weighted by molar-refractivity contribution is 6.34. The number of hydrogen-bond donors (Lipinski definition) is 2. The van der Waals surface area contributed by atoms with Gasteiger partial charge in [0.1, 0.15) is 0 Å². The van der Waals surface area contributed by atoms with E-state index in [1.165, 1.54) is 12.1 Å². The molecule has 0 aliphatic heterocycles. The molecule has 0 atom stereocenters. The summed E-state index contributed by atoms with van der Waals surface area (Å²) in [4.78, 5) is 32.5. The van der Waals surface area contributed by atoms with E-state index in [1.807, 2.05) is 0 Å². The Hall–Kier alpha value is -2.15. The summed E-state index contributed by atoms with van der Waals surface area (Å²) in [5, 5.41) is 21.9. The number of rotatable bonds is 4. The van der Waals surface area contributed by atoms with Gasteiger partial charge >= 0.3 is 5.97 Å². The molecule has 1 saturated carbocycles. The highest BCUT2D eigenvalue weighted by Crippen LogP contribution is 2.28. The average molecular weight is 299 g/mol. The highest BCUT2D eigenvalue weighted by atomic mass is 35.5. The predicted octanol–water partition coefficient (Wildman–Crippen LogP) is 1.84. The van der Waals surface area contributed by atoms with Crippen LogP contribution in [0.4, 0.5) is 5.69 Å². The van der Waals surface area contributed by atoms with Crippen LogP contribution < -0.4 is 5.32 Å². The van der Waals surface area contributed by atoms with Gasteiger partial charge in [-0.3, -0.25) is 19.7 Å². The molecule has 0 bridgehead atoms. The molecule has 0 heterocycles. The molecule has 1 aromatic carbocycles. The molecule has 0 unspecified atom stereocenters. The summed E-state index contributed by atoms with van der Waals surface area (Å²) in [7, 11) is 0. The summed E-state index contributed by atoms with van der Waals surface area (Å²) in [6.07, 6.45) is 0.761. The Morgan fingerprint density at radius 2 is 2.05 bits per heavy atom. The standard InChI is InChI=1S/C12H11ClN2O5/c13-10-5-8(15(19)20)1-2-9(10)11(16)14-7-3-6(4-7)12(17)18/h1-2,5-7H,3-4H2,(H,14,16)(H,17,18). The minimum Gasteiger partial charge on any atom is -0.481 e. The Kier molecular flexibility index (Phi) is 3.89. The molecule has 0 saturated heterocycles. The monoisotopic (exact) mass is 298 g/mol. The summed E-state index contributed by atoms with van der Waals surface area (Å²) < 4.78 is 0. The van der Waals surface area contributed by atoms with Crippen molar-refractivity contribution in [2.24, 2.45) is 5.92 Å².